The van der Waals surface area contributed by atoms with Crippen LogP contribution in [0.1, 0.15) is 41.3 Å². The van der Waals surface area contributed by atoms with E-state index < -0.39 is 17.5 Å². The molecule has 8 heteroatoms. The van der Waals surface area contributed by atoms with Gasteiger partial charge >= 0.3 is 0 Å². The van der Waals surface area contributed by atoms with Gasteiger partial charge in [-0.2, -0.15) is 0 Å². The quantitative estimate of drug-likeness (QED) is 0.130. The summed E-state index contributed by atoms with van der Waals surface area (Å²) >= 11 is 3.47. The van der Waals surface area contributed by atoms with E-state index in [1.54, 1.807) is 13.0 Å². The molecule has 3 aromatic carbocycles. The van der Waals surface area contributed by atoms with Crippen molar-refractivity contribution in [2.75, 3.05) is 17.2 Å². The molecule has 0 bridgehead atoms. The molecule has 0 saturated heterocycles. The first-order chi connectivity index (χ1) is 16.3. The Morgan fingerprint density at radius 1 is 1.12 bits per heavy atom. The third kappa shape index (κ3) is 4.79. The molecule has 176 valence electrons. The fourth-order valence-electron chi connectivity index (χ4n) is 3.71. The van der Waals surface area contributed by atoms with E-state index in [-0.39, 0.29) is 11.3 Å². The van der Waals surface area contributed by atoms with Crippen LogP contribution in [-0.4, -0.2) is 17.4 Å². The maximum Gasteiger partial charge on any atom is 0.259 e. The highest BCUT2D eigenvalue weighted by Crippen LogP contribution is 2.36. The highest BCUT2D eigenvalue weighted by atomic mass is 127. The summed E-state index contributed by atoms with van der Waals surface area (Å²) in [5, 5.41) is 6.51. The van der Waals surface area contributed by atoms with Gasteiger partial charge in [-0.1, -0.05) is 37.1 Å². The minimum absolute atomic E-state index is 0.103. The molecule has 4 rings (SSSR count). The third-order valence-electron chi connectivity index (χ3n) is 5.56. The molecular formula is C26H24F2IN3OS. The maximum atomic E-state index is 15.1. The largest absolute Gasteiger partial charge is 0.382 e. The van der Waals surface area contributed by atoms with E-state index in [4.69, 9.17) is 4.98 Å². The predicted octanol–water partition coefficient (Wildman–Crippen LogP) is 7.93. The van der Waals surface area contributed by atoms with E-state index in [1.165, 1.54) is 11.3 Å². The third-order valence-corrected chi connectivity index (χ3v) is 7.98. The number of rotatable bonds is 7. The fourth-order valence-corrected chi connectivity index (χ4v) is 5.40. The molecule has 2 N–H and O–H groups in total. The zero-order valence-electron chi connectivity index (χ0n) is 19.1. The summed E-state index contributed by atoms with van der Waals surface area (Å²) in [4.78, 5) is 17.9. The minimum Gasteiger partial charge on any atom is -0.382 e. The number of aromatic nitrogens is 1. The van der Waals surface area contributed by atoms with Crippen molar-refractivity contribution < 1.29 is 13.6 Å². The lowest BCUT2D eigenvalue weighted by Crippen LogP contribution is -2.19. The van der Waals surface area contributed by atoms with E-state index in [0.29, 0.717) is 21.4 Å². The minimum atomic E-state index is -1.15. The van der Waals surface area contributed by atoms with Crippen LogP contribution in [0.2, 0.25) is 0 Å². The second-order valence-corrected chi connectivity index (χ2v) is 10.2. The van der Waals surface area contributed by atoms with E-state index in [2.05, 4.69) is 10.6 Å². The van der Waals surface area contributed by atoms with Crippen LogP contribution < -0.4 is 10.6 Å². The maximum absolute atomic E-state index is 15.1. The monoisotopic (exact) mass is 591 g/mol. The number of carbonyl (C=O) groups is 1. The first-order valence-corrected chi connectivity index (χ1v) is 12.9. The molecule has 0 aliphatic rings. The number of benzene rings is 3. The molecule has 4 aromatic rings. The molecular weight excluding hydrogens is 567 g/mol. The molecule has 0 atom stereocenters. The van der Waals surface area contributed by atoms with Crippen LogP contribution in [0, 0.1) is 29.1 Å². The van der Waals surface area contributed by atoms with Gasteiger partial charge in [-0.3, -0.25) is 4.79 Å². The standard InChI is InChI=1S/C26H24F2IN3OS/c1-4-5-12-30-24-22(28)21(27)20(15(3)23(24)29)25(33)31-17-11-10-14(2)13-16(17)26-32-18-8-6-7-9-19(18)34-26/h6-11,13,30H,4-5,12H2,1-3H3,(H,31,33). The predicted molar refractivity (Wildman–Crippen MR) is 145 cm³/mol. The van der Waals surface area contributed by atoms with E-state index in [0.717, 1.165) is 39.2 Å². The Morgan fingerprint density at radius 3 is 2.62 bits per heavy atom. The van der Waals surface area contributed by atoms with Gasteiger partial charge in [-0.25, -0.2) is 13.8 Å². The van der Waals surface area contributed by atoms with Crippen molar-refractivity contribution in [1.82, 2.24) is 4.98 Å². The Bertz CT molecular complexity index is 1320. The van der Waals surface area contributed by atoms with Gasteiger partial charge in [-0.05, 0) is 72.7 Å². The highest BCUT2D eigenvalue weighted by molar-refractivity contribution is 14.1. The fraction of sp³-hybridized carbons (Fsp3) is 0.231. The highest BCUT2D eigenvalue weighted by Gasteiger charge is 2.26. The molecule has 0 saturated carbocycles. The Kier molecular flexibility index (Phi) is 7.47. The number of hydrogen-bond acceptors (Lipinski definition) is 4. The summed E-state index contributed by atoms with van der Waals surface area (Å²) in [7, 11) is 0. The van der Waals surface area contributed by atoms with Gasteiger partial charge in [0.1, 0.15) is 5.01 Å². The van der Waals surface area contributed by atoms with Crippen LogP contribution in [-0.2, 0) is 0 Å². The molecule has 0 radical (unpaired) electrons. The van der Waals surface area contributed by atoms with Gasteiger partial charge in [-0.15, -0.1) is 11.3 Å². The van der Waals surface area contributed by atoms with Crippen LogP contribution in [0.25, 0.3) is 20.8 Å². The Labute approximate surface area is 214 Å². The van der Waals surface area contributed by atoms with Crippen molar-refractivity contribution in [3.05, 3.63) is 74.4 Å². The van der Waals surface area contributed by atoms with Gasteiger partial charge in [0.15, 0.2) is 11.6 Å². The molecule has 1 heterocycles. The van der Waals surface area contributed by atoms with E-state index in [1.807, 2.05) is 72.8 Å². The van der Waals surface area contributed by atoms with Gasteiger partial charge < -0.3 is 10.6 Å². The van der Waals surface area contributed by atoms with E-state index >= 15 is 4.39 Å². The van der Waals surface area contributed by atoms with Crippen molar-refractivity contribution >= 4 is 61.4 Å². The number of fused-ring (bicyclic) bond motifs is 1. The molecule has 0 fully saturated rings. The van der Waals surface area contributed by atoms with Crippen molar-refractivity contribution in [3.8, 4) is 10.6 Å². The molecule has 1 amide bonds. The van der Waals surface area contributed by atoms with Crippen LogP contribution in [0.5, 0.6) is 0 Å². The molecule has 0 aliphatic carbocycles. The second kappa shape index (κ2) is 10.4. The van der Waals surface area contributed by atoms with Crippen LogP contribution in [0.4, 0.5) is 20.2 Å². The molecule has 4 nitrogen and oxygen atoms in total. The Hall–Kier alpha value is -2.59. The van der Waals surface area contributed by atoms with Crippen LogP contribution in [0.15, 0.2) is 42.5 Å². The number of aryl methyl sites for hydroxylation is 1. The van der Waals surface area contributed by atoms with Gasteiger partial charge in [0.2, 0.25) is 0 Å². The Morgan fingerprint density at radius 2 is 1.88 bits per heavy atom. The summed E-state index contributed by atoms with van der Waals surface area (Å²) in [6, 6.07) is 13.4. The first kappa shape index (κ1) is 24.5. The summed E-state index contributed by atoms with van der Waals surface area (Å²) in [6.07, 6.45) is 1.76. The summed E-state index contributed by atoms with van der Waals surface area (Å²) < 4.78 is 31.5. The van der Waals surface area contributed by atoms with Gasteiger partial charge in [0.25, 0.3) is 5.91 Å². The van der Waals surface area contributed by atoms with E-state index in [9.17, 15) is 9.18 Å². The van der Waals surface area contributed by atoms with Crippen molar-refractivity contribution in [3.63, 3.8) is 0 Å². The van der Waals surface area contributed by atoms with Gasteiger partial charge in [0.05, 0.1) is 27.2 Å². The number of anilines is 2. The zero-order chi connectivity index (χ0) is 24.4. The van der Waals surface area contributed by atoms with Crippen LogP contribution in [0.3, 0.4) is 0 Å². The number of unbranched alkanes of at least 4 members (excludes halogenated alkanes) is 1. The first-order valence-electron chi connectivity index (χ1n) is 11.0. The van der Waals surface area contributed by atoms with Crippen molar-refractivity contribution in [2.45, 2.75) is 33.6 Å². The summed E-state index contributed by atoms with van der Waals surface area (Å²) in [5.41, 5.74) is 3.30. The Balaban J connectivity index is 1.71. The SMILES string of the molecule is CCCCNc1c(F)c(F)c(C(=O)Nc2ccc(C)cc2-c2nc3ccccc3s2)c(C)c1I. The smallest absolute Gasteiger partial charge is 0.259 e. The molecule has 0 unspecified atom stereocenters. The molecule has 0 aliphatic heterocycles. The molecule has 34 heavy (non-hydrogen) atoms. The average Bonchev–Trinajstić information content (AvgIpc) is 3.25. The lowest BCUT2D eigenvalue weighted by atomic mass is 10.0. The van der Waals surface area contributed by atoms with Gasteiger partial charge in [0, 0.05) is 15.7 Å². The average molecular weight is 591 g/mol. The number of thiazole rings is 1. The number of nitrogens with one attached hydrogen (secondary N) is 2. The lowest BCUT2D eigenvalue weighted by molar-refractivity contribution is 0.102. The lowest BCUT2D eigenvalue weighted by Gasteiger charge is -2.17. The second-order valence-electron chi connectivity index (χ2n) is 8.09. The number of carbonyl (C=O) groups excluding carboxylic acids is 1. The van der Waals surface area contributed by atoms with Crippen molar-refractivity contribution in [1.29, 1.82) is 0 Å². The summed E-state index contributed by atoms with van der Waals surface area (Å²) in [6.45, 7) is 6.14. The summed E-state index contributed by atoms with van der Waals surface area (Å²) in [5.74, 6) is -2.88. The topological polar surface area (TPSA) is 54.0 Å². The van der Waals surface area contributed by atoms with Crippen molar-refractivity contribution in [2.24, 2.45) is 0 Å². The number of nitrogens with zero attached hydrogens (tertiary/aromatic N) is 1. The molecule has 0 spiro atoms. The molecule has 1 aromatic heterocycles. The number of halogens is 3. The normalized spacial score (nSPS) is 11.1. The number of hydrogen-bond donors (Lipinski definition) is 2. The van der Waals surface area contributed by atoms with Crippen LogP contribution >= 0.6 is 33.9 Å². The zero-order valence-corrected chi connectivity index (χ0v) is 22.0. The number of amides is 1. The number of para-hydroxylation sites is 1.